The van der Waals surface area contributed by atoms with E-state index in [4.69, 9.17) is 16.3 Å². The van der Waals surface area contributed by atoms with Crippen LogP contribution in [-0.4, -0.2) is 76.4 Å². The fourth-order valence-corrected chi connectivity index (χ4v) is 6.48. The molecule has 1 aliphatic heterocycles. The van der Waals surface area contributed by atoms with E-state index < -0.39 is 27.8 Å². The highest BCUT2D eigenvalue weighted by Crippen LogP contribution is 2.31. The van der Waals surface area contributed by atoms with Gasteiger partial charge in [-0.2, -0.15) is 4.31 Å². The summed E-state index contributed by atoms with van der Waals surface area (Å²) in [4.78, 5) is 28.6. The molecular formula is C23H27ClFN3O5S2. The monoisotopic (exact) mass is 543 g/mol. The van der Waals surface area contributed by atoms with Gasteiger partial charge >= 0.3 is 0 Å². The van der Waals surface area contributed by atoms with Gasteiger partial charge in [-0.1, -0.05) is 11.6 Å². The Morgan fingerprint density at radius 3 is 2.60 bits per heavy atom. The lowest BCUT2D eigenvalue weighted by Gasteiger charge is -2.26. The van der Waals surface area contributed by atoms with Gasteiger partial charge in [0.1, 0.15) is 11.9 Å². The zero-order valence-electron chi connectivity index (χ0n) is 19.8. The molecule has 1 aromatic carbocycles. The Morgan fingerprint density at radius 2 is 2.03 bits per heavy atom. The van der Waals surface area contributed by atoms with Crippen LogP contribution in [0.2, 0.25) is 4.34 Å². The highest BCUT2D eigenvalue weighted by molar-refractivity contribution is 7.92. The molecule has 1 atom stereocenters. The zero-order chi connectivity index (χ0) is 25.9. The minimum atomic E-state index is -4.03. The Morgan fingerprint density at radius 1 is 1.31 bits per heavy atom. The van der Waals surface area contributed by atoms with Crippen LogP contribution in [0.5, 0.6) is 0 Å². The molecule has 0 aliphatic carbocycles. The SMILES string of the molecule is COCCN(C1CCN(c2ccc(C(=O)N(C)C)cc2F)C1=O)S(=O)(=O)/C=C(\C)c1ccc(Cl)s1. The van der Waals surface area contributed by atoms with Crippen molar-refractivity contribution in [2.24, 2.45) is 0 Å². The average Bonchev–Trinajstić information content (AvgIpc) is 3.39. The first-order valence-corrected chi connectivity index (χ1v) is 13.4. The number of carbonyl (C=O) groups excluding carboxylic acids is 2. The summed E-state index contributed by atoms with van der Waals surface area (Å²) >= 11 is 7.22. The Labute approximate surface area is 213 Å². The van der Waals surface area contributed by atoms with Crippen LogP contribution in [-0.2, 0) is 19.6 Å². The molecule has 0 N–H and O–H groups in total. The predicted molar refractivity (Wildman–Crippen MR) is 136 cm³/mol. The van der Waals surface area contributed by atoms with Crippen molar-refractivity contribution in [1.29, 1.82) is 0 Å². The van der Waals surface area contributed by atoms with Gasteiger partial charge in [-0.3, -0.25) is 9.59 Å². The van der Waals surface area contributed by atoms with Crippen LogP contribution in [0.25, 0.3) is 5.57 Å². The molecule has 2 heterocycles. The van der Waals surface area contributed by atoms with E-state index in [0.717, 1.165) is 15.8 Å². The number of methoxy groups -OCH3 is 1. The van der Waals surface area contributed by atoms with Crippen LogP contribution in [0.4, 0.5) is 10.1 Å². The van der Waals surface area contributed by atoms with Crippen LogP contribution in [0.3, 0.4) is 0 Å². The number of hydrogen-bond donors (Lipinski definition) is 0. The normalized spacial score (nSPS) is 16.9. The Kier molecular flexibility index (Phi) is 8.71. The Hall–Kier alpha value is -2.31. The largest absolute Gasteiger partial charge is 0.383 e. The maximum absolute atomic E-state index is 14.9. The quantitative estimate of drug-likeness (QED) is 0.481. The lowest BCUT2D eigenvalue weighted by atomic mass is 10.1. The van der Waals surface area contributed by atoms with Crippen molar-refractivity contribution in [3.05, 3.63) is 56.3 Å². The topological polar surface area (TPSA) is 87.2 Å². The van der Waals surface area contributed by atoms with Gasteiger partial charge in [0.15, 0.2) is 0 Å². The number of thiophene rings is 1. The number of nitrogens with zero attached hydrogens (tertiary/aromatic N) is 3. The number of amides is 2. The molecule has 1 fully saturated rings. The maximum Gasteiger partial charge on any atom is 0.253 e. The molecule has 1 saturated heterocycles. The minimum Gasteiger partial charge on any atom is -0.383 e. The number of hydrogen-bond acceptors (Lipinski definition) is 6. The lowest BCUT2D eigenvalue weighted by Crippen LogP contribution is -2.46. The fourth-order valence-electron chi connectivity index (χ4n) is 3.81. The molecule has 0 bridgehead atoms. The molecule has 0 spiro atoms. The van der Waals surface area contributed by atoms with Gasteiger partial charge in [0.25, 0.3) is 5.91 Å². The number of ether oxygens (including phenoxy) is 1. The minimum absolute atomic E-state index is 0.00292. The highest BCUT2D eigenvalue weighted by Gasteiger charge is 2.42. The van der Waals surface area contributed by atoms with E-state index in [2.05, 4.69) is 0 Å². The number of carbonyl (C=O) groups is 2. The third-order valence-electron chi connectivity index (χ3n) is 5.55. The van der Waals surface area contributed by atoms with Crippen molar-refractivity contribution in [3.8, 4) is 0 Å². The standard InChI is InChI=1S/C23H27ClFN3O5S2/c1-15(20-7-8-21(24)34-20)14-35(31,32)28(11-12-33-4)19-9-10-27(23(19)30)18-6-5-16(13-17(18)25)22(29)26(2)3/h5-8,13-14,19H,9-12H2,1-4H3/b15-14+. The van der Waals surface area contributed by atoms with Crippen molar-refractivity contribution in [3.63, 3.8) is 0 Å². The summed E-state index contributed by atoms with van der Waals surface area (Å²) in [6, 6.07) is 6.27. The van der Waals surface area contributed by atoms with E-state index in [1.807, 2.05) is 0 Å². The summed E-state index contributed by atoms with van der Waals surface area (Å²) < 4.78 is 48.3. The van der Waals surface area contributed by atoms with Gasteiger partial charge in [-0.25, -0.2) is 12.8 Å². The van der Waals surface area contributed by atoms with Crippen molar-refractivity contribution in [1.82, 2.24) is 9.21 Å². The summed E-state index contributed by atoms with van der Waals surface area (Å²) in [5.74, 6) is -1.64. The van der Waals surface area contributed by atoms with Gasteiger partial charge in [-0.05, 0) is 49.2 Å². The first kappa shape index (κ1) is 27.3. The number of halogens is 2. The molecule has 0 saturated carbocycles. The first-order valence-electron chi connectivity index (χ1n) is 10.7. The highest BCUT2D eigenvalue weighted by atomic mass is 35.5. The van der Waals surface area contributed by atoms with Crippen LogP contribution in [0, 0.1) is 5.82 Å². The second-order valence-electron chi connectivity index (χ2n) is 8.21. The third kappa shape index (κ3) is 6.10. The number of rotatable bonds is 9. The van der Waals surface area contributed by atoms with Crippen molar-refractivity contribution < 1.29 is 27.1 Å². The van der Waals surface area contributed by atoms with Crippen LogP contribution in [0.15, 0.2) is 35.7 Å². The molecule has 1 aromatic heterocycles. The first-order chi connectivity index (χ1) is 16.5. The second kappa shape index (κ2) is 11.2. The maximum atomic E-state index is 14.9. The van der Waals surface area contributed by atoms with Crippen LogP contribution < -0.4 is 4.90 Å². The third-order valence-corrected chi connectivity index (χ3v) is 8.66. The molecule has 2 amide bonds. The lowest BCUT2D eigenvalue weighted by molar-refractivity contribution is -0.120. The van der Waals surface area contributed by atoms with E-state index in [-0.39, 0.29) is 43.3 Å². The van der Waals surface area contributed by atoms with E-state index >= 15 is 0 Å². The average molecular weight is 544 g/mol. The Bertz CT molecular complexity index is 1250. The molecule has 8 nitrogen and oxygen atoms in total. The number of allylic oxidation sites excluding steroid dienone is 1. The molecule has 3 rings (SSSR count). The second-order valence-corrected chi connectivity index (χ2v) is 11.7. The van der Waals surface area contributed by atoms with Gasteiger partial charge in [0.05, 0.1) is 22.0 Å². The van der Waals surface area contributed by atoms with Crippen LogP contribution in [0.1, 0.15) is 28.6 Å². The number of anilines is 1. The van der Waals surface area contributed by atoms with Gasteiger partial charge in [0, 0.05) is 44.7 Å². The number of sulfonamides is 1. The van der Waals surface area contributed by atoms with Crippen molar-refractivity contribution in [2.75, 3.05) is 45.8 Å². The van der Waals surface area contributed by atoms with E-state index in [0.29, 0.717) is 14.8 Å². The summed E-state index contributed by atoms with van der Waals surface area (Å²) in [5, 5.41) is 1.11. The summed E-state index contributed by atoms with van der Waals surface area (Å²) in [7, 11) is 0.523. The molecule has 190 valence electrons. The molecule has 0 radical (unpaired) electrons. The molecule has 35 heavy (non-hydrogen) atoms. The molecule has 1 unspecified atom stereocenters. The van der Waals surface area contributed by atoms with Crippen LogP contribution >= 0.6 is 22.9 Å². The van der Waals surface area contributed by atoms with Gasteiger partial charge in [0.2, 0.25) is 15.9 Å². The van der Waals surface area contributed by atoms with Crippen molar-refractivity contribution >= 4 is 56.0 Å². The Balaban J connectivity index is 1.89. The smallest absolute Gasteiger partial charge is 0.253 e. The van der Waals surface area contributed by atoms with E-state index in [1.165, 1.54) is 40.4 Å². The summed E-state index contributed by atoms with van der Waals surface area (Å²) in [6.45, 7) is 1.82. The molecule has 1 aliphatic rings. The van der Waals surface area contributed by atoms with Crippen molar-refractivity contribution in [2.45, 2.75) is 19.4 Å². The summed E-state index contributed by atoms with van der Waals surface area (Å²) in [6.07, 6.45) is 0.178. The fraction of sp³-hybridized carbons (Fsp3) is 0.391. The van der Waals surface area contributed by atoms with Gasteiger partial charge < -0.3 is 14.5 Å². The summed E-state index contributed by atoms with van der Waals surface area (Å²) in [5.41, 5.74) is 0.633. The van der Waals surface area contributed by atoms with E-state index in [9.17, 15) is 22.4 Å². The number of benzene rings is 1. The zero-order valence-corrected chi connectivity index (χ0v) is 22.2. The molecule has 12 heteroatoms. The predicted octanol–water partition coefficient (Wildman–Crippen LogP) is 3.69. The van der Waals surface area contributed by atoms with E-state index in [1.54, 1.807) is 33.2 Å². The van der Waals surface area contributed by atoms with Gasteiger partial charge in [-0.15, -0.1) is 11.3 Å². The molecular weight excluding hydrogens is 517 g/mol. The molecule has 2 aromatic rings.